The van der Waals surface area contributed by atoms with Gasteiger partial charge in [-0.15, -0.1) is 0 Å². The van der Waals surface area contributed by atoms with Crippen LogP contribution in [0.1, 0.15) is 31.2 Å². The van der Waals surface area contributed by atoms with E-state index in [9.17, 15) is 4.79 Å². The predicted molar refractivity (Wildman–Crippen MR) is 79.0 cm³/mol. The number of carboxylic acids is 1. The van der Waals surface area contributed by atoms with Crippen molar-refractivity contribution < 1.29 is 9.90 Å². The molecule has 1 aliphatic carbocycles. The Balaban J connectivity index is 1.89. The van der Waals surface area contributed by atoms with E-state index in [1.165, 1.54) is 0 Å². The van der Waals surface area contributed by atoms with Gasteiger partial charge in [-0.2, -0.15) is 5.26 Å². The number of likely N-dealkylation sites (N-methyl/N-ethyl adjacent to an activating group) is 1. The molecule has 2 N–H and O–H groups in total. The molecule has 0 radical (unpaired) electrons. The summed E-state index contributed by atoms with van der Waals surface area (Å²) >= 11 is 0. The molecule has 0 saturated heterocycles. The van der Waals surface area contributed by atoms with E-state index in [-0.39, 0.29) is 6.54 Å². The molecule has 21 heavy (non-hydrogen) atoms. The summed E-state index contributed by atoms with van der Waals surface area (Å²) < 4.78 is 0. The number of nitrogens with one attached hydrogen (secondary N) is 1. The molecule has 1 heterocycles. The molecule has 2 rings (SSSR count). The first-order chi connectivity index (χ1) is 10.0. The van der Waals surface area contributed by atoms with Gasteiger partial charge in [-0.1, -0.05) is 6.92 Å². The Bertz CT molecular complexity index is 561. The summed E-state index contributed by atoms with van der Waals surface area (Å²) in [7, 11) is 0. The zero-order chi connectivity index (χ0) is 15.4. The second kappa shape index (κ2) is 6.55. The summed E-state index contributed by atoms with van der Waals surface area (Å²) in [5.74, 6) is -0.781. The normalized spacial score (nSPS) is 20.7. The predicted octanol–water partition coefficient (Wildman–Crippen LogP) is 1.61. The van der Waals surface area contributed by atoms with E-state index in [4.69, 9.17) is 10.4 Å². The Kier molecular flexibility index (Phi) is 4.76. The number of nitrogens with zero attached hydrogens (tertiary/aromatic N) is 3. The molecule has 0 unspecified atom stereocenters. The van der Waals surface area contributed by atoms with E-state index in [0.29, 0.717) is 17.8 Å². The van der Waals surface area contributed by atoms with Gasteiger partial charge in [-0.3, -0.25) is 9.69 Å². The van der Waals surface area contributed by atoms with E-state index in [0.717, 1.165) is 30.8 Å². The van der Waals surface area contributed by atoms with Crippen LogP contribution in [0.2, 0.25) is 0 Å². The molecule has 1 aromatic heterocycles. The SMILES string of the molecule is CCN(CC(=O)O)C1CC(Nc2cc(C)nc(C#N)c2)C1. The fraction of sp³-hybridized carbons (Fsp3) is 0.533. The molecule has 0 atom stereocenters. The lowest BCUT2D eigenvalue weighted by molar-refractivity contribution is -0.139. The van der Waals surface area contributed by atoms with Gasteiger partial charge in [-0.25, -0.2) is 4.98 Å². The number of pyridine rings is 1. The van der Waals surface area contributed by atoms with Crippen LogP contribution in [0.3, 0.4) is 0 Å². The topological polar surface area (TPSA) is 89.2 Å². The molecule has 0 spiro atoms. The van der Waals surface area contributed by atoms with Crippen molar-refractivity contribution in [2.75, 3.05) is 18.4 Å². The fourth-order valence-corrected chi connectivity index (χ4v) is 2.72. The summed E-state index contributed by atoms with van der Waals surface area (Å²) in [6, 6.07) is 6.36. The standard InChI is InChI=1S/C15H20N4O2/c1-3-19(9-15(20)21)14-6-12(7-14)18-11-4-10(2)17-13(5-11)8-16/h4-5,12,14H,3,6-7,9H2,1-2H3,(H,17,18)(H,20,21). The highest BCUT2D eigenvalue weighted by atomic mass is 16.4. The number of rotatable bonds is 6. The minimum atomic E-state index is -0.781. The minimum absolute atomic E-state index is 0.0980. The zero-order valence-electron chi connectivity index (χ0n) is 12.3. The molecule has 0 amide bonds. The van der Waals surface area contributed by atoms with E-state index in [2.05, 4.69) is 16.4 Å². The fourth-order valence-electron chi connectivity index (χ4n) is 2.72. The molecule has 112 valence electrons. The molecular weight excluding hydrogens is 268 g/mol. The maximum absolute atomic E-state index is 10.8. The molecular formula is C15H20N4O2. The smallest absolute Gasteiger partial charge is 0.317 e. The van der Waals surface area contributed by atoms with E-state index in [1.807, 2.05) is 24.8 Å². The largest absolute Gasteiger partial charge is 0.480 e. The number of hydrogen-bond acceptors (Lipinski definition) is 5. The van der Waals surface area contributed by atoms with E-state index in [1.54, 1.807) is 6.07 Å². The van der Waals surface area contributed by atoms with E-state index < -0.39 is 5.97 Å². The molecule has 0 aromatic carbocycles. The van der Waals surface area contributed by atoms with Crippen molar-refractivity contribution in [3.05, 3.63) is 23.5 Å². The van der Waals surface area contributed by atoms with Gasteiger partial charge >= 0.3 is 5.97 Å². The summed E-state index contributed by atoms with van der Waals surface area (Å²) in [6.45, 7) is 4.69. The number of aliphatic carboxylic acids is 1. The van der Waals surface area contributed by atoms with Crippen molar-refractivity contribution in [3.8, 4) is 6.07 Å². The maximum atomic E-state index is 10.8. The number of aromatic nitrogens is 1. The Morgan fingerprint density at radius 1 is 1.57 bits per heavy atom. The number of carbonyl (C=O) groups is 1. The van der Waals surface area contributed by atoms with Crippen molar-refractivity contribution in [1.82, 2.24) is 9.88 Å². The van der Waals surface area contributed by atoms with Gasteiger partial charge in [0.2, 0.25) is 0 Å². The second-order valence-electron chi connectivity index (χ2n) is 5.42. The second-order valence-corrected chi connectivity index (χ2v) is 5.42. The lowest BCUT2D eigenvalue weighted by Gasteiger charge is -2.42. The van der Waals surface area contributed by atoms with Crippen molar-refractivity contribution in [2.45, 2.75) is 38.8 Å². The Labute approximate surface area is 124 Å². The van der Waals surface area contributed by atoms with Gasteiger partial charge in [0.15, 0.2) is 0 Å². The van der Waals surface area contributed by atoms with Crippen LogP contribution in [-0.4, -0.2) is 46.1 Å². The third kappa shape index (κ3) is 3.92. The molecule has 1 aromatic rings. The van der Waals surface area contributed by atoms with Crippen LogP contribution in [0.4, 0.5) is 5.69 Å². The average molecular weight is 288 g/mol. The summed E-state index contributed by atoms with van der Waals surface area (Å²) in [5.41, 5.74) is 2.13. The minimum Gasteiger partial charge on any atom is -0.480 e. The molecule has 1 fully saturated rings. The molecule has 0 bridgehead atoms. The molecule has 0 aliphatic heterocycles. The number of aryl methyl sites for hydroxylation is 1. The van der Waals surface area contributed by atoms with Crippen LogP contribution in [-0.2, 0) is 4.79 Å². The summed E-state index contributed by atoms with van der Waals surface area (Å²) in [4.78, 5) is 16.9. The highest BCUT2D eigenvalue weighted by Gasteiger charge is 2.33. The zero-order valence-corrected chi connectivity index (χ0v) is 12.3. The summed E-state index contributed by atoms with van der Waals surface area (Å²) in [6.07, 6.45) is 1.84. The molecule has 1 aliphatic rings. The van der Waals surface area contributed by atoms with Gasteiger partial charge in [0.1, 0.15) is 11.8 Å². The first-order valence-corrected chi connectivity index (χ1v) is 7.13. The maximum Gasteiger partial charge on any atom is 0.317 e. The van der Waals surface area contributed by atoms with Crippen LogP contribution >= 0.6 is 0 Å². The van der Waals surface area contributed by atoms with Crippen LogP contribution < -0.4 is 5.32 Å². The van der Waals surface area contributed by atoms with Crippen LogP contribution in [0, 0.1) is 18.3 Å². The lowest BCUT2D eigenvalue weighted by atomic mass is 9.85. The van der Waals surface area contributed by atoms with Crippen molar-refractivity contribution >= 4 is 11.7 Å². The quantitative estimate of drug-likeness (QED) is 0.826. The van der Waals surface area contributed by atoms with Gasteiger partial charge in [0.25, 0.3) is 0 Å². The van der Waals surface area contributed by atoms with Crippen molar-refractivity contribution in [2.24, 2.45) is 0 Å². The molecule has 1 saturated carbocycles. The number of nitriles is 1. The van der Waals surface area contributed by atoms with Crippen LogP contribution in [0.25, 0.3) is 0 Å². The third-order valence-corrected chi connectivity index (χ3v) is 3.81. The number of anilines is 1. The van der Waals surface area contributed by atoms with Gasteiger partial charge < -0.3 is 10.4 Å². The highest BCUT2D eigenvalue weighted by Crippen LogP contribution is 2.28. The van der Waals surface area contributed by atoms with Crippen molar-refractivity contribution in [3.63, 3.8) is 0 Å². The Hall–Kier alpha value is -2.13. The van der Waals surface area contributed by atoms with Crippen LogP contribution in [0.5, 0.6) is 0 Å². The average Bonchev–Trinajstić information content (AvgIpc) is 2.39. The Morgan fingerprint density at radius 3 is 2.86 bits per heavy atom. The third-order valence-electron chi connectivity index (χ3n) is 3.81. The van der Waals surface area contributed by atoms with Crippen LogP contribution in [0.15, 0.2) is 12.1 Å². The molecule has 6 heteroatoms. The van der Waals surface area contributed by atoms with Gasteiger partial charge in [-0.05, 0) is 38.4 Å². The summed E-state index contributed by atoms with van der Waals surface area (Å²) in [5, 5.41) is 21.2. The van der Waals surface area contributed by atoms with Gasteiger partial charge in [0.05, 0.1) is 6.54 Å². The monoisotopic (exact) mass is 288 g/mol. The highest BCUT2D eigenvalue weighted by molar-refractivity contribution is 5.69. The first kappa shape index (κ1) is 15.3. The van der Waals surface area contributed by atoms with E-state index >= 15 is 0 Å². The van der Waals surface area contributed by atoms with Crippen molar-refractivity contribution in [1.29, 1.82) is 5.26 Å². The number of carboxylic acid groups (broad SMARTS) is 1. The Morgan fingerprint density at radius 2 is 2.29 bits per heavy atom. The first-order valence-electron chi connectivity index (χ1n) is 7.13. The molecule has 6 nitrogen and oxygen atoms in total. The number of hydrogen-bond donors (Lipinski definition) is 2. The lowest BCUT2D eigenvalue weighted by Crippen LogP contribution is -2.51. The van der Waals surface area contributed by atoms with Gasteiger partial charge in [0, 0.05) is 23.5 Å².